The first-order valence-corrected chi connectivity index (χ1v) is 13.0. The van der Waals surface area contributed by atoms with E-state index in [2.05, 4.69) is 27.8 Å². The number of aromatic nitrogens is 1. The van der Waals surface area contributed by atoms with Crippen LogP contribution in [0.15, 0.2) is 35.9 Å². The van der Waals surface area contributed by atoms with Gasteiger partial charge in [-0.05, 0) is 37.5 Å². The van der Waals surface area contributed by atoms with Gasteiger partial charge in [0.1, 0.15) is 23.1 Å². The lowest BCUT2D eigenvalue weighted by atomic mass is 10.0. The number of nitrogens with zero attached hydrogens (tertiary/aromatic N) is 3. The fraction of sp³-hybridized carbons (Fsp3) is 0.520. The molecule has 2 aliphatic heterocycles. The molecule has 194 valence electrons. The molecule has 0 spiro atoms. The Morgan fingerprint density at radius 1 is 1.31 bits per heavy atom. The van der Waals surface area contributed by atoms with Gasteiger partial charge < -0.3 is 25.2 Å². The van der Waals surface area contributed by atoms with Crippen LogP contribution in [0.4, 0.5) is 5.69 Å². The van der Waals surface area contributed by atoms with Gasteiger partial charge >= 0.3 is 0 Å². The molecule has 5 rings (SSSR count). The molecular weight excluding hydrogens is 482 g/mol. The number of hydrogen-bond donors (Lipinski definition) is 4. The topological polar surface area (TPSA) is 117 Å². The van der Waals surface area contributed by atoms with E-state index >= 15 is 0 Å². The highest BCUT2D eigenvalue weighted by Gasteiger charge is 2.45. The van der Waals surface area contributed by atoms with Crippen LogP contribution < -0.4 is 26.4 Å². The Bertz CT molecular complexity index is 1220. The fourth-order valence-electron chi connectivity index (χ4n) is 5.82. The average molecular weight is 516 g/mol. The summed E-state index contributed by atoms with van der Waals surface area (Å²) in [5, 5.41) is 10.4. The number of carbonyl (C=O) groups is 2. The molecular formula is C25H34ClN7O3. The summed E-state index contributed by atoms with van der Waals surface area (Å²) in [5.41, 5.74) is 8.54. The molecule has 0 radical (unpaired) electrons. The molecule has 3 aliphatic rings. The molecule has 1 aliphatic carbocycles. The lowest BCUT2D eigenvalue weighted by Crippen LogP contribution is -2.76. The van der Waals surface area contributed by atoms with Crippen LogP contribution in [-0.4, -0.2) is 70.8 Å². The summed E-state index contributed by atoms with van der Waals surface area (Å²) in [6.07, 6.45) is 7.21. The number of rotatable bonds is 6. The van der Waals surface area contributed by atoms with Crippen LogP contribution in [0.1, 0.15) is 43.8 Å². The Labute approximate surface area is 215 Å². The summed E-state index contributed by atoms with van der Waals surface area (Å²) in [7, 11) is 3.51. The third kappa shape index (κ3) is 4.12. The predicted octanol–water partition coefficient (Wildman–Crippen LogP) is 2.37. The van der Waals surface area contributed by atoms with Gasteiger partial charge in [-0.1, -0.05) is 19.8 Å². The molecule has 2 atom stereocenters. The Hall–Kier alpha value is -3.11. The van der Waals surface area contributed by atoms with Crippen LogP contribution >= 0.6 is 11.6 Å². The molecule has 1 aromatic heterocycles. The van der Waals surface area contributed by atoms with Crippen molar-refractivity contribution in [1.82, 2.24) is 25.0 Å². The lowest BCUT2D eigenvalue weighted by Gasteiger charge is -2.52. The van der Waals surface area contributed by atoms with Gasteiger partial charge in [-0.2, -0.15) is 0 Å². The number of amides is 1. The first kappa shape index (κ1) is 24.6. The SMILES string of the molecule is CCC1CN(C)C2=C(N[C@@](N)(Nc3cc4c(ccn4C(=O)CCl)cc3OC)NC2=O)N1C1CCCC1. The Kier molecular flexibility index (Phi) is 6.42. The van der Waals surface area contributed by atoms with Gasteiger partial charge in [0.05, 0.1) is 18.3 Å². The predicted molar refractivity (Wildman–Crippen MR) is 139 cm³/mol. The van der Waals surface area contributed by atoms with Crippen LogP contribution in [0.25, 0.3) is 10.9 Å². The average Bonchev–Trinajstić information content (AvgIpc) is 3.52. The van der Waals surface area contributed by atoms with Gasteiger partial charge in [0.2, 0.25) is 11.8 Å². The van der Waals surface area contributed by atoms with E-state index < -0.39 is 5.91 Å². The van der Waals surface area contributed by atoms with Crippen molar-refractivity contribution in [3.63, 3.8) is 0 Å². The van der Waals surface area contributed by atoms with Crippen LogP contribution in [0, 0.1) is 0 Å². The number of nitrogens with two attached hydrogens (primary N) is 1. The Balaban J connectivity index is 1.53. The molecule has 1 amide bonds. The standard InChI is InChI=1S/C25H34ClN7O3/c1-4-16-14-31(2)22-23(33(16)17-7-5-6-8-17)29-25(27,30-24(22)35)28-18-12-19-15(11-20(18)36-3)9-10-32(19)21(34)13-26/h9-12,16-17,28-29H,4-8,13-14,27H2,1-3H3,(H,30,35)/t16?,25-/m1/s1. The number of anilines is 1. The number of ether oxygens (including phenoxy) is 1. The molecule has 5 N–H and O–H groups in total. The second kappa shape index (κ2) is 9.40. The summed E-state index contributed by atoms with van der Waals surface area (Å²) in [4.78, 5) is 30.1. The minimum atomic E-state index is -1.49. The van der Waals surface area contributed by atoms with E-state index in [0.717, 1.165) is 37.0 Å². The van der Waals surface area contributed by atoms with Crippen molar-refractivity contribution in [2.45, 2.75) is 57.0 Å². The number of hydrogen-bond acceptors (Lipinski definition) is 8. The first-order chi connectivity index (χ1) is 17.3. The smallest absolute Gasteiger partial charge is 0.275 e. The van der Waals surface area contributed by atoms with E-state index in [9.17, 15) is 9.59 Å². The Morgan fingerprint density at radius 2 is 2.06 bits per heavy atom. The quantitative estimate of drug-likeness (QED) is 0.342. The molecule has 1 unspecified atom stereocenters. The molecule has 1 saturated carbocycles. The second-order valence-electron chi connectivity index (χ2n) is 9.82. The van der Waals surface area contributed by atoms with Gasteiger partial charge in [-0.3, -0.25) is 25.2 Å². The van der Waals surface area contributed by atoms with Crippen molar-refractivity contribution in [3.05, 3.63) is 35.9 Å². The number of alkyl halides is 1. The second-order valence-corrected chi connectivity index (χ2v) is 10.1. The molecule has 0 bridgehead atoms. The summed E-state index contributed by atoms with van der Waals surface area (Å²) in [5.74, 6) is -0.845. The molecule has 0 saturated heterocycles. The van der Waals surface area contributed by atoms with E-state index in [4.69, 9.17) is 22.1 Å². The third-order valence-electron chi connectivity index (χ3n) is 7.50. The summed E-state index contributed by atoms with van der Waals surface area (Å²) < 4.78 is 7.11. The van der Waals surface area contributed by atoms with Gasteiger partial charge in [0.15, 0.2) is 0 Å². The van der Waals surface area contributed by atoms with E-state index in [0.29, 0.717) is 28.7 Å². The largest absolute Gasteiger partial charge is 0.495 e. The van der Waals surface area contributed by atoms with Crippen LogP contribution in [0.2, 0.25) is 0 Å². The van der Waals surface area contributed by atoms with Gasteiger partial charge in [0, 0.05) is 37.3 Å². The number of methoxy groups -OCH3 is 1. The molecule has 10 nitrogen and oxygen atoms in total. The van der Waals surface area contributed by atoms with E-state index in [1.807, 2.05) is 24.1 Å². The highest BCUT2D eigenvalue weighted by atomic mass is 35.5. The van der Waals surface area contributed by atoms with Crippen molar-refractivity contribution in [1.29, 1.82) is 0 Å². The number of halogens is 1. The maximum atomic E-state index is 13.4. The number of benzene rings is 1. The molecule has 1 fully saturated rings. The zero-order valence-corrected chi connectivity index (χ0v) is 21.7. The van der Waals surface area contributed by atoms with Crippen LogP contribution in [-0.2, 0) is 4.79 Å². The Morgan fingerprint density at radius 3 is 2.72 bits per heavy atom. The summed E-state index contributed by atoms with van der Waals surface area (Å²) >= 11 is 5.80. The minimum Gasteiger partial charge on any atom is -0.495 e. The van der Waals surface area contributed by atoms with Gasteiger partial charge in [-0.25, -0.2) is 0 Å². The zero-order chi connectivity index (χ0) is 25.6. The van der Waals surface area contributed by atoms with Crippen molar-refractivity contribution >= 4 is 40.0 Å². The summed E-state index contributed by atoms with van der Waals surface area (Å²) in [6.45, 7) is 2.96. The van der Waals surface area contributed by atoms with Gasteiger partial charge in [-0.15, -0.1) is 11.6 Å². The number of nitrogens with one attached hydrogen (secondary N) is 3. The number of carbonyl (C=O) groups excluding carboxylic acids is 2. The highest BCUT2D eigenvalue weighted by molar-refractivity contribution is 6.28. The highest BCUT2D eigenvalue weighted by Crippen LogP contribution is 2.36. The van der Waals surface area contributed by atoms with Crippen molar-refractivity contribution in [2.75, 3.05) is 31.9 Å². The molecule has 36 heavy (non-hydrogen) atoms. The fourth-order valence-corrected chi connectivity index (χ4v) is 5.94. The maximum absolute atomic E-state index is 13.4. The third-order valence-corrected chi connectivity index (χ3v) is 7.73. The van der Waals surface area contributed by atoms with E-state index in [1.165, 1.54) is 17.4 Å². The van der Waals surface area contributed by atoms with Crippen LogP contribution in [0.3, 0.4) is 0 Å². The number of likely N-dealkylation sites (N-methyl/N-ethyl adjacent to an activating group) is 1. The zero-order valence-electron chi connectivity index (χ0n) is 20.9. The molecule has 2 aromatic rings. The lowest BCUT2D eigenvalue weighted by molar-refractivity contribution is -0.123. The first-order valence-electron chi connectivity index (χ1n) is 12.5. The van der Waals surface area contributed by atoms with Crippen molar-refractivity contribution in [2.24, 2.45) is 5.73 Å². The van der Waals surface area contributed by atoms with Gasteiger partial charge in [0.25, 0.3) is 5.91 Å². The molecule has 3 heterocycles. The maximum Gasteiger partial charge on any atom is 0.275 e. The molecule has 1 aromatic carbocycles. The van der Waals surface area contributed by atoms with Crippen molar-refractivity contribution < 1.29 is 14.3 Å². The number of fused-ring (bicyclic) bond motifs is 1. The minimum absolute atomic E-state index is 0.142. The van der Waals surface area contributed by atoms with Crippen molar-refractivity contribution in [3.8, 4) is 5.75 Å². The summed E-state index contributed by atoms with van der Waals surface area (Å²) in [6, 6.07) is 6.06. The van der Waals surface area contributed by atoms with E-state index in [-0.39, 0.29) is 23.7 Å². The van der Waals surface area contributed by atoms with E-state index in [1.54, 1.807) is 19.4 Å². The van der Waals surface area contributed by atoms with Crippen LogP contribution in [0.5, 0.6) is 5.75 Å². The molecule has 11 heteroatoms. The normalized spacial score (nSPS) is 24.6. The monoisotopic (exact) mass is 515 g/mol.